The Morgan fingerprint density at radius 2 is 2.00 bits per heavy atom. The molecule has 16 heavy (non-hydrogen) atoms. The molecule has 0 saturated carbocycles. The van der Waals surface area contributed by atoms with E-state index in [9.17, 15) is 0 Å². The maximum Gasteiger partial charge on any atom is 0.137 e. The molecule has 0 spiro atoms. The molecule has 0 N–H and O–H groups in total. The van der Waals surface area contributed by atoms with Crippen molar-refractivity contribution in [2.45, 2.75) is 27.2 Å². The molecule has 1 atom stereocenters. The molecule has 3 heteroatoms. The van der Waals surface area contributed by atoms with E-state index in [0.29, 0.717) is 16.9 Å². The molecule has 0 aliphatic rings. The third-order valence-corrected chi connectivity index (χ3v) is 3.08. The van der Waals surface area contributed by atoms with Crippen molar-refractivity contribution in [2.75, 3.05) is 6.61 Å². The molecule has 0 aliphatic carbocycles. The van der Waals surface area contributed by atoms with Gasteiger partial charge in [0, 0.05) is 4.47 Å². The van der Waals surface area contributed by atoms with Gasteiger partial charge in [0.2, 0.25) is 0 Å². The van der Waals surface area contributed by atoms with Gasteiger partial charge in [0.05, 0.1) is 11.6 Å². The van der Waals surface area contributed by atoms with Gasteiger partial charge in [-0.05, 0) is 36.5 Å². The lowest BCUT2D eigenvalue weighted by Crippen LogP contribution is -2.11. The Hall–Kier alpha value is -0.210. The van der Waals surface area contributed by atoms with Gasteiger partial charge < -0.3 is 4.74 Å². The average Bonchev–Trinajstić information content (AvgIpc) is 2.15. The van der Waals surface area contributed by atoms with E-state index in [1.807, 2.05) is 18.2 Å². The van der Waals surface area contributed by atoms with Gasteiger partial charge in [0.25, 0.3) is 0 Å². The fourth-order valence-electron chi connectivity index (χ4n) is 1.70. The first kappa shape index (κ1) is 13.9. The van der Waals surface area contributed by atoms with Crippen LogP contribution in [0.1, 0.15) is 27.2 Å². The Balaban J connectivity index is 2.48. The Morgan fingerprint density at radius 3 is 2.56 bits per heavy atom. The zero-order chi connectivity index (χ0) is 12.1. The van der Waals surface area contributed by atoms with Crippen molar-refractivity contribution in [3.8, 4) is 5.75 Å². The summed E-state index contributed by atoms with van der Waals surface area (Å²) in [5, 5.41) is 0.658. The maximum atomic E-state index is 6.06. The molecule has 0 saturated heterocycles. The van der Waals surface area contributed by atoms with E-state index in [1.165, 1.54) is 6.42 Å². The van der Waals surface area contributed by atoms with Crippen molar-refractivity contribution in [3.63, 3.8) is 0 Å². The number of ether oxygens (including phenoxy) is 1. The van der Waals surface area contributed by atoms with Gasteiger partial charge in [-0.2, -0.15) is 0 Å². The Bertz CT molecular complexity index is 339. The molecule has 90 valence electrons. The highest BCUT2D eigenvalue weighted by Gasteiger charge is 2.08. The molecule has 0 aromatic heterocycles. The SMILES string of the molecule is CC(C)C[C@@H](C)COc1ccc(Br)cc1Cl. The van der Waals surface area contributed by atoms with E-state index in [-0.39, 0.29) is 0 Å². The second-order valence-corrected chi connectivity index (χ2v) is 5.94. The lowest BCUT2D eigenvalue weighted by atomic mass is 10.00. The van der Waals surface area contributed by atoms with Crippen LogP contribution in [0.2, 0.25) is 5.02 Å². The van der Waals surface area contributed by atoms with Crippen molar-refractivity contribution in [1.29, 1.82) is 0 Å². The van der Waals surface area contributed by atoms with Gasteiger partial charge in [0.15, 0.2) is 0 Å². The summed E-state index contributed by atoms with van der Waals surface area (Å²) in [6.07, 6.45) is 1.17. The van der Waals surface area contributed by atoms with Crippen LogP contribution in [-0.4, -0.2) is 6.61 Å². The monoisotopic (exact) mass is 304 g/mol. The standard InChI is InChI=1S/C13H18BrClO/c1-9(2)6-10(3)8-16-13-5-4-11(14)7-12(13)15/h4-5,7,9-10H,6,8H2,1-3H3/t10-/m1/s1. The van der Waals surface area contributed by atoms with Crippen LogP contribution in [-0.2, 0) is 0 Å². The summed E-state index contributed by atoms with van der Waals surface area (Å²) >= 11 is 9.43. The Morgan fingerprint density at radius 1 is 1.31 bits per heavy atom. The number of benzene rings is 1. The summed E-state index contributed by atoms with van der Waals surface area (Å²) in [6.45, 7) is 7.37. The second kappa shape index (κ2) is 6.51. The summed E-state index contributed by atoms with van der Waals surface area (Å²) in [7, 11) is 0. The minimum Gasteiger partial charge on any atom is -0.492 e. The maximum absolute atomic E-state index is 6.06. The molecule has 0 bridgehead atoms. The highest BCUT2D eigenvalue weighted by atomic mass is 79.9. The van der Waals surface area contributed by atoms with Crippen molar-refractivity contribution >= 4 is 27.5 Å². The van der Waals surface area contributed by atoms with Crippen molar-refractivity contribution in [3.05, 3.63) is 27.7 Å². The largest absolute Gasteiger partial charge is 0.492 e. The van der Waals surface area contributed by atoms with Crippen LogP contribution < -0.4 is 4.74 Å². The average molecular weight is 306 g/mol. The first-order chi connectivity index (χ1) is 7.49. The Kier molecular flexibility index (Phi) is 5.63. The molecule has 0 amide bonds. The molecule has 1 aromatic carbocycles. The molecule has 0 fully saturated rings. The topological polar surface area (TPSA) is 9.23 Å². The van der Waals surface area contributed by atoms with Crippen molar-refractivity contribution in [2.24, 2.45) is 11.8 Å². The molecule has 0 heterocycles. The van der Waals surface area contributed by atoms with Gasteiger partial charge in [-0.3, -0.25) is 0 Å². The summed E-state index contributed by atoms with van der Waals surface area (Å²) in [6, 6.07) is 5.69. The molecular weight excluding hydrogens is 287 g/mol. The summed E-state index contributed by atoms with van der Waals surface area (Å²) in [5.41, 5.74) is 0. The lowest BCUT2D eigenvalue weighted by molar-refractivity contribution is 0.239. The summed E-state index contributed by atoms with van der Waals surface area (Å²) in [5.74, 6) is 2.03. The smallest absolute Gasteiger partial charge is 0.137 e. The summed E-state index contributed by atoms with van der Waals surface area (Å²) in [4.78, 5) is 0. The molecule has 0 radical (unpaired) electrons. The van der Waals surface area contributed by atoms with Crippen LogP contribution in [0.15, 0.2) is 22.7 Å². The molecular formula is C13H18BrClO. The van der Waals surface area contributed by atoms with Crippen molar-refractivity contribution in [1.82, 2.24) is 0 Å². The van der Waals surface area contributed by atoms with E-state index < -0.39 is 0 Å². The number of halogens is 2. The van der Waals surface area contributed by atoms with Gasteiger partial charge >= 0.3 is 0 Å². The van der Waals surface area contributed by atoms with E-state index in [4.69, 9.17) is 16.3 Å². The predicted octanol–water partition coefficient (Wildman–Crippen LogP) is 5.16. The van der Waals surface area contributed by atoms with E-state index in [1.54, 1.807) is 0 Å². The first-order valence-electron chi connectivity index (χ1n) is 5.57. The Labute approximate surface area is 111 Å². The lowest BCUT2D eigenvalue weighted by Gasteiger charge is -2.15. The van der Waals surface area contributed by atoms with E-state index >= 15 is 0 Å². The highest BCUT2D eigenvalue weighted by molar-refractivity contribution is 9.10. The van der Waals surface area contributed by atoms with Gasteiger partial charge in [0.1, 0.15) is 5.75 Å². The zero-order valence-electron chi connectivity index (χ0n) is 9.97. The minimum atomic E-state index is 0.555. The van der Waals surface area contributed by atoms with Crippen LogP contribution in [0.4, 0.5) is 0 Å². The number of rotatable bonds is 5. The second-order valence-electron chi connectivity index (χ2n) is 4.62. The van der Waals surface area contributed by atoms with Gasteiger partial charge in [-0.15, -0.1) is 0 Å². The quantitative estimate of drug-likeness (QED) is 0.730. The molecule has 0 unspecified atom stereocenters. The third-order valence-electron chi connectivity index (χ3n) is 2.29. The van der Waals surface area contributed by atoms with Gasteiger partial charge in [-0.1, -0.05) is 48.3 Å². The normalized spacial score (nSPS) is 12.9. The van der Waals surface area contributed by atoms with Crippen molar-refractivity contribution < 1.29 is 4.74 Å². The molecule has 1 nitrogen and oxygen atoms in total. The highest BCUT2D eigenvalue weighted by Crippen LogP contribution is 2.28. The van der Waals surface area contributed by atoms with Crippen LogP contribution in [0.25, 0.3) is 0 Å². The summed E-state index contributed by atoms with van der Waals surface area (Å²) < 4.78 is 6.67. The first-order valence-corrected chi connectivity index (χ1v) is 6.74. The van der Waals surface area contributed by atoms with Gasteiger partial charge in [-0.25, -0.2) is 0 Å². The van der Waals surface area contributed by atoms with Crippen LogP contribution in [0, 0.1) is 11.8 Å². The minimum absolute atomic E-state index is 0.555. The van der Waals surface area contributed by atoms with Crippen LogP contribution in [0.5, 0.6) is 5.75 Å². The number of hydrogen-bond acceptors (Lipinski definition) is 1. The molecule has 0 aliphatic heterocycles. The van der Waals surface area contributed by atoms with E-state index in [2.05, 4.69) is 36.7 Å². The fraction of sp³-hybridized carbons (Fsp3) is 0.538. The molecule has 1 aromatic rings. The molecule has 1 rings (SSSR count). The zero-order valence-corrected chi connectivity index (χ0v) is 12.3. The predicted molar refractivity (Wildman–Crippen MR) is 73.3 cm³/mol. The fourth-order valence-corrected chi connectivity index (χ4v) is 2.43. The third kappa shape index (κ3) is 4.75. The number of hydrogen-bond donors (Lipinski definition) is 0. The van der Waals surface area contributed by atoms with Crippen LogP contribution >= 0.6 is 27.5 Å². The van der Waals surface area contributed by atoms with Crippen LogP contribution in [0.3, 0.4) is 0 Å². The van der Waals surface area contributed by atoms with E-state index in [0.717, 1.165) is 16.8 Å².